The molecule has 1 nitrogen and oxygen atoms in total. The van der Waals surface area contributed by atoms with Crippen molar-refractivity contribution in [2.75, 3.05) is 0 Å². The third-order valence-corrected chi connectivity index (χ3v) is 2.59. The fraction of sp³-hybridized carbons (Fsp3) is 0.0833. The van der Waals surface area contributed by atoms with Crippen molar-refractivity contribution in [1.29, 1.82) is 0 Å². The summed E-state index contributed by atoms with van der Waals surface area (Å²) in [5.41, 5.74) is 1.10. The molecule has 0 radical (unpaired) electrons. The van der Waals surface area contributed by atoms with E-state index in [9.17, 15) is 4.39 Å². The second kappa shape index (κ2) is 4.24. The van der Waals surface area contributed by atoms with E-state index in [0.717, 1.165) is 5.01 Å². The van der Waals surface area contributed by atoms with Crippen LogP contribution in [0.4, 0.5) is 4.39 Å². The predicted octanol–water partition coefficient (Wildman–Crippen LogP) is 2.99. The molecule has 1 aromatic heterocycles. The lowest BCUT2D eigenvalue weighted by molar-refractivity contribution is 0.624. The van der Waals surface area contributed by atoms with Gasteiger partial charge in [-0.3, -0.25) is 0 Å². The molecule has 3 heteroatoms. The van der Waals surface area contributed by atoms with Crippen LogP contribution in [0, 0.1) is 24.6 Å². The fourth-order valence-corrected chi connectivity index (χ4v) is 1.66. The van der Waals surface area contributed by atoms with Crippen molar-refractivity contribution in [1.82, 2.24) is 4.98 Å². The number of hydrogen-bond acceptors (Lipinski definition) is 2. The van der Waals surface area contributed by atoms with Crippen LogP contribution >= 0.6 is 11.3 Å². The summed E-state index contributed by atoms with van der Waals surface area (Å²) >= 11 is 1.54. The minimum absolute atomic E-state index is 0.294. The monoisotopic (exact) mass is 217 g/mol. The average molecular weight is 217 g/mol. The fourth-order valence-electron chi connectivity index (χ4n) is 1.11. The normalized spacial score (nSPS) is 9.47. The SMILES string of the molecule is Cc1nc(C#Cc2ccccc2F)cs1. The standard InChI is InChI=1S/C12H8FNS/c1-9-14-11(8-15-9)7-6-10-4-2-3-5-12(10)13/h2-5,8H,1H3. The summed E-state index contributed by atoms with van der Waals surface area (Å²) in [6.07, 6.45) is 0. The van der Waals surface area contributed by atoms with Gasteiger partial charge >= 0.3 is 0 Å². The molecule has 1 heterocycles. The molecule has 0 amide bonds. The van der Waals surface area contributed by atoms with Gasteiger partial charge < -0.3 is 0 Å². The minimum Gasteiger partial charge on any atom is -0.233 e. The molecule has 0 aliphatic heterocycles. The second-order valence-corrected chi connectivity index (χ2v) is 4.04. The molecule has 0 N–H and O–H groups in total. The summed E-state index contributed by atoms with van der Waals surface area (Å²) in [5.74, 6) is 5.30. The maximum Gasteiger partial charge on any atom is 0.138 e. The molecule has 0 atom stereocenters. The summed E-state index contributed by atoms with van der Waals surface area (Å²) in [7, 11) is 0. The summed E-state index contributed by atoms with van der Waals surface area (Å²) in [6.45, 7) is 1.92. The van der Waals surface area contributed by atoms with Crippen molar-refractivity contribution in [3.8, 4) is 11.8 Å². The van der Waals surface area contributed by atoms with Crippen LogP contribution in [0.2, 0.25) is 0 Å². The number of rotatable bonds is 0. The van der Waals surface area contributed by atoms with Gasteiger partial charge in [0, 0.05) is 5.38 Å². The van der Waals surface area contributed by atoms with Gasteiger partial charge in [-0.1, -0.05) is 18.1 Å². The Morgan fingerprint density at radius 3 is 2.73 bits per heavy atom. The van der Waals surface area contributed by atoms with Crippen LogP contribution in [0.15, 0.2) is 29.6 Å². The van der Waals surface area contributed by atoms with Crippen molar-refractivity contribution >= 4 is 11.3 Å². The van der Waals surface area contributed by atoms with Gasteiger partial charge in [-0.2, -0.15) is 0 Å². The van der Waals surface area contributed by atoms with Crippen LogP contribution in [-0.2, 0) is 0 Å². The molecule has 15 heavy (non-hydrogen) atoms. The van der Waals surface area contributed by atoms with Crippen LogP contribution in [-0.4, -0.2) is 4.98 Å². The van der Waals surface area contributed by atoms with Gasteiger partial charge in [0.2, 0.25) is 0 Å². The van der Waals surface area contributed by atoms with Crippen molar-refractivity contribution in [2.45, 2.75) is 6.92 Å². The molecular formula is C12H8FNS. The van der Waals surface area contributed by atoms with Crippen molar-refractivity contribution < 1.29 is 4.39 Å². The number of hydrogen-bond donors (Lipinski definition) is 0. The molecular weight excluding hydrogens is 209 g/mol. The first-order valence-corrected chi connectivity index (χ1v) is 5.32. The first-order chi connectivity index (χ1) is 7.25. The smallest absolute Gasteiger partial charge is 0.138 e. The first-order valence-electron chi connectivity index (χ1n) is 4.44. The molecule has 74 valence electrons. The average Bonchev–Trinajstić information content (AvgIpc) is 2.63. The van der Waals surface area contributed by atoms with Crippen molar-refractivity contribution in [2.24, 2.45) is 0 Å². The molecule has 1 aromatic carbocycles. The van der Waals surface area contributed by atoms with Gasteiger partial charge in [0.25, 0.3) is 0 Å². The van der Waals surface area contributed by atoms with E-state index in [-0.39, 0.29) is 5.82 Å². The molecule has 0 aliphatic carbocycles. The highest BCUT2D eigenvalue weighted by Crippen LogP contribution is 2.08. The second-order valence-electron chi connectivity index (χ2n) is 2.98. The maximum absolute atomic E-state index is 13.2. The predicted molar refractivity (Wildman–Crippen MR) is 59.2 cm³/mol. The molecule has 2 rings (SSSR count). The maximum atomic E-state index is 13.2. The molecule has 0 spiro atoms. The molecule has 0 saturated carbocycles. The first kappa shape index (κ1) is 9.88. The van der Waals surface area contributed by atoms with Crippen LogP contribution in [0.3, 0.4) is 0 Å². The molecule has 0 bridgehead atoms. The summed E-state index contributed by atoms with van der Waals surface area (Å²) in [6, 6.07) is 6.46. The Balaban J connectivity index is 2.30. The van der Waals surface area contributed by atoms with E-state index in [1.165, 1.54) is 17.4 Å². The molecule has 0 aliphatic rings. The van der Waals surface area contributed by atoms with E-state index in [1.54, 1.807) is 18.2 Å². The number of benzene rings is 1. The Morgan fingerprint density at radius 2 is 2.07 bits per heavy atom. The third kappa shape index (κ3) is 2.42. The van der Waals surface area contributed by atoms with Gasteiger partial charge in [0.1, 0.15) is 11.5 Å². The molecule has 0 fully saturated rings. The Hall–Kier alpha value is -1.66. The number of nitrogens with zero attached hydrogens (tertiary/aromatic N) is 1. The number of halogens is 1. The number of thiazole rings is 1. The van der Waals surface area contributed by atoms with Gasteiger partial charge in [0.05, 0.1) is 10.6 Å². The van der Waals surface area contributed by atoms with Gasteiger partial charge in [-0.15, -0.1) is 11.3 Å². The molecule has 0 unspecified atom stereocenters. The van der Waals surface area contributed by atoms with Crippen LogP contribution in [0.5, 0.6) is 0 Å². The Kier molecular flexibility index (Phi) is 2.79. The lowest BCUT2D eigenvalue weighted by Gasteiger charge is -1.90. The number of aromatic nitrogens is 1. The highest BCUT2D eigenvalue weighted by molar-refractivity contribution is 7.09. The van der Waals surface area contributed by atoms with Crippen LogP contribution in [0.25, 0.3) is 0 Å². The summed E-state index contributed by atoms with van der Waals surface area (Å²) in [4.78, 5) is 4.18. The highest BCUT2D eigenvalue weighted by Gasteiger charge is 1.96. The van der Waals surface area contributed by atoms with E-state index >= 15 is 0 Å². The third-order valence-electron chi connectivity index (χ3n) is 1.82. The summed E-state index contributed by atoms with van der Waals surface area (Å²) < 4.78 is 13.2. The Bertz CT molecular complexity index is 534. The topological polar surface area (TPSA) is 12.9 Å². The number of aryl methyl sites for hydroxylation is 1. The van der Waals surface area contributed by atoms with Crippen molar-refractivity contribution in [3.63, 3.8) is 0 Å². The van der Waals surface area contributed by atoms with E-state index in [2.05, 4.69) is 16.8 Å². The Morgan fingerprint density at radius 1 is 1.27 bits per heavy atom. The zero-order valence-corrected chi connectivity index (χ0v) is 8.94. The van der Waals surface area contributed by atoms with Crippen LogP contribution in [0.1, 0.15) is 16.3 Å². The van der Waals surface area contributed by atoms with Crippen LogP contribution < -0.4 is 0 Å². The lowest BCUT2D eigenvalue weighted by atomic mass is 10.2. The van der Waals surface area contributed by atoms with Gasteiger partial charge in [0.15, 0.2) is 0 Å². The summed E-state index contributed by atoms with van der Waals surface area (Å²) in [5, 5.41) is 2.83. The zero-order chi connectivity index (χ0) is 10.7. The van der Waals surface area contributed by atoms with E-state index < -0.39 is 0 Å². The van der Waals surface area contributed by atoms with E-state index in [1.807, 2.05) is 12.3 Å². The Labute approximate surface area is 91.6 Å². The highest BCUT2D eigenvalue weighted by atomic mass is 32.1. The lowest BCUT2D eigenvalue weighted by Crippen LogP contribution is -1.81. The zero-order valence-electron chi connectivity index (χ0n) is 8.12. The van der Waals surface area contributed by atoms with Gasteiger partial charge in [-0.25, -0.2) is 9.37 Å². The van der Waals surface area contributed by atoms with Gasteiger partial charge in [-0.05, 0) is 25.0 Å². The van der Waals surface area contributed by atoms with E-state index in [0.29, 0.717) is 11.3 Å². The molecule has 0 saturated heterocycles. The quantitative estimate of drug-likeness (QED) is 0.618. The minimum atomic E-state index is -0.294. The molecule has 2 aromatic rings. The van der Waals surface area contributed by atoms with Crippen molar-refractivity contribution in [3.05, 3.63) is 51.7 Å². The van der Waals surface area contributed by atoms with E-state index in [4.69, 9.17) is 0 Å². The largest absolute Gasteiger partial charge is 0.233 e.